The van der Waals surface area contributed by atoms with Crippen molar-refractivity contribution in [1.82, 2.24) is 29.9 Å². The Bertz CT molecular complexity index is 1700. The second-order valence-electron chi connectivity index (χ2n) is 8.22. The summed E-state index contributed by atoms with van der Waals surface area (Å²) in [6.45, 7) is 0. The average molecular weight is 459 g/mol. The maximum Gasteiger partial charge on any atom is 0.138 e. The van der Waals surface area contributed by atoms with E-state index in [1.165, 1.54) is 10.5 Å². The quantitative estimate of drug-likeness (QED) is 0.320. The summed E-state index contributed by atoms with van der Waals surface area (Å²) in [5, 5.41) is 0.139. The van der Waals surface area contributed by atoms with Gasteiger partial charge in [0.05, 0.1) is 27.3 Å². The lowest BCUT2D eigenvalue weighted by molar-refractivity contribution is 1.04. The highest BCUT2D eigenvalue weighted by Crippen LogP contribution is 2.41. The summed E-state index contributed by atoms with van der Waals surface area (Å²) in [6.07, 6.45) is 11.6. The lowest BCUT2D eigenvalue weighted by Gasteiger charge is -2.16. The zero-order valence-corrected chi connectivity index (χ0v) is 18.8. The number of nitrogens with one attached hydrogen (secondary N) is 2. The van der Waals surface area contributed by atoms with Gasteiger partial charge in [0, 0.05) is 35.2 Å². The van der Waals surface area contributed by atoms with Gasteiger partial charge in [0.2, 0.25) is 0 Å². The Kier molecular flexibility index (Phi) is 4.35. The van der Waals surface area contributed by atoms with Crippen molar-refractivity contribution < 1.29 is 0 Å². The van der Waals surface area contributed by atoms with Gasteiger partial charge in [-0.15, -0.1) is 11.8 Å². The molecule has 1 atom stereocenters. The molecule has 0 fully saturated rings. The van der Waals surface area contributed by atoms with Crippen molar-refractivity contribution in [2.24, 2.45) is 0 Å². The van der Waals surface area contributed by atoms with E-state index in [9.17, 15) is 0 Å². The number of imidazole rings is 2. The molecule has 2 N–H and O–H groups in total. The number of thioether (sulfide) groups is 1. The lowest BCUT2D eigenvalue weighted by atomic mass is 10.0. The molecule has 6 nitrogen and oxygen atoms in total. The number of rotatable bonds is 3. The third kappa shape index (κ3) is 3.29. The van der Waals surface area contributed by atoms with Crippen LogP contribution in [0.5, 0.6) is 0 Å². The van der Waals surface area contributed by atoms with Gasteiger partial charge in [0.15, 0.2) is 0 Å². The highest BCUT2D eigenvalue weighted by Gasteiger charge is 2.20. The fourth-order valence-corrected chi connectivity index (χ4v) is 5.37. The minimum atomic E-state index is 0.139. The molecule has 4 aromatic heterocycles. The molecule has 162 valence electrons. The van der Waals surface area contributed by atoms with Gasteiger partial charge in [0.25, 0.3) is 0 Å². The molecule has 1 aliphatic heterocycles. The minimum Gasteiger partial charge on any atom is -0.341 e. The first-order valence-corrected chi connectivity index (χ1v) is 11.9. The van der Waals surface area contributed by atoms with E-state index >= 15 is 0 Å². The molecule has 0 saturated carbocycles. The Hall–Kier alpha value is -4.23. The van der Waals surface area contributed by atoms with Crippen molar-refractivity contribution in [2.75, 3.05) is 0 Å². The normalized spacial score (nSPS) is 15.1. The van der Waals surface area contributed by atoms with Gasteiger partial charge in [-0.1, -0.05) is 24.3 Å². The van der Waals surface area contributed by atoms with E-state index in [-0.39, 0.29) is 5.25 Å². The summed E-state index contributed by atoms with van der Waals surface area (Å²) >= 11 is 1.77. The van der Waals surface area contributed by atoms with Gasteiger partial charge in [-0.2, -0.15) is 0 Å². The molecule has 0 amide bonds. The highest BCUT2D eigenvalue weighted by atomic mass is 32.2. The van der Waals surface area contributed by atoms with E-state index in [1.54, 1.807) is 24.2 Å². The molecule has 1 unspecified atom stereocenters. The van der Waals surface area contributed by atoms with E-state index < -0.39 is 0 Å². The highest BCUT2D eigenvalue weighted by molar-refractivity contribution is 7.99. The monoisotopic (exact) mass is 458 g/mol. The summed E-state index contributed by atoms with van der Waals surface area (Å²) in [5.41, 5.74) is 8.42. The molecule has 5 heterocycles. The number of hydrogen-bond donors (Lipinski definition) is 2. The molecule has 0 radical (unpaired) electrons. The molecule has 0 aliphatic carbocycles. The summed E-state index contributed by atoms with van der Waals surface area (Å²) in [7, 11) is 0. The molecule has 7 heteroatoms. The third-order valence-corrected chi connectivity index (χ3v) is 7.29. The fraction of sp³-hybridized carbons (Fsp3) is 0.0370. The van der Waals surface area contributed by atoms with Crippen LogP contribution in [-0.4, -0.2) is 29.9 Å². The number of benzene rings is 2. The summed E-state index contributed by atoms with van der Waals surface area (Å²) in [5.74, 6) is 1.80. The van der Waals surface area contributed by atoms with Crippen molar-refractivity contribution in [3.8, 4) is 22.5 Å². The van der Waals surface area contributed by atoms with E-state index in [4.69, 9.17) is 9.97 Å². The topological polar surface area (TPSA) is 83.1 Å². The number of pyridine rings is 2. The predicted octanol–water partition coefficient (Wildman–Crippen LogP) is 6.42. The number of aromatic amines is 2. The van der Waals surface area contributed by atoms with Crippen molar-refractivity contribution in [3.63, 3.8) is 0 Å². The SMILES string of the molecule is C1=CC(c2nc3ccc(-c4ccc5nc(-c6ccncc6)[nH]c5c4)cc3[nH]2)Sc2cnccc21. The lowest BCUT2D eigenvalue weighted by Crippen LogP contribution is -1.98. The van der Waals surface area contributed by atoms with Gasteiger partial charge in [-0.3, -0.25) is 9.97 Å². The van der Waals surface area contributed by atoms with Crippen LogP contribution in [0.25, 0.3) is 50.7 Å². The molecule has 7 rings (SSSR count). The molecule has 0 bridgehead atoms. The summed E-state index contributed by atoms with van der Waals surface area (Å²) in [4.78, 5) is 26.1. The van der Waals surface area contributed by atoms with Crippen LogP contribution in [0.2, 0.25) is 0 Å². The molecule has 0 saturated heterocycles. The summed E-state index contributed by atoms with van der Waals surface area (Å²) < 4.78 is 0. The predicted molar refractivity (Wildman–Crippen MR) is 136 cm³/mol. The molecule has 1 aliphatic rings. The zero-order valence-electron chi connectivity index (χ0n) is 17.9. The minimum absolute atomic E-state index is 0.139. The Morgan fingerprint density at radius 1 is 0.706 bits per heavy atom. The van der Waals surface area contributed by atoms with E-state index in [0.29, 0.717) is 0 Å². The van der Waals surface area contributed by atoms with Gasteiger partial charge < -0.3 is 9.97 Å². The first-order valence-electron chi connectivity index (χ1n) is 11.0. The van der Waals surface area contributed by atoms with Gasteiger partial charge in [-0.25, -0.2) is 9.97 Å². The second kappa shape index (κ2) is 7.67. The van der Waals surface area contributed by atoms with E-state index in [0.717, 1.165) is 50.4 Å². The van der Waals surface area contributed by atoms with Crippen LogP contribution in [-0.2, 0) is 0 Å². The number of nitrogens with zero attached hydrogens (tertiary/aromatic N) is 4. The van der Waals surface area contributed by atoms with Crippen molar-refractivity contribution in [3.05, 3.63) is 96.8 Å². The third-order valence-electron chi connectivity index (χ3n) is 6.06. The Morgan fingerprint density at radius 3 is 2.26 bits per heavy atom. The number of hydrogen-bond acceptors (Lipinski definition) is 5. The number of aromatic nitrogens is 6. The fourth-order valence-electron chi connectivity index (χ4n) is 4.32. The van der Waals surface area contributed by atoms with Crippen LogP contribution in [0.1, 0.15) is 16.6 Å². The maximum atomic E-state index is 4.86. The molecular weight excluding hydrogens is 440 g/mol. The first kappa shape index (κ1) is 19.3. The molecule has 2 aromatic carbocycles. The van der Waals surface area contributed by atoms with Gasteiger partial charge >= 0.3 is 0 Å². The summed E-state index contributed by atoms with van der Waals surface area (Å²) in [6, 6.07) is 18.6. The Labute approximate surface area is 199 Å². The Balaban J connectivity index is 1.22. The van der Waals surface area contributed by atoms with Crippen molar-refractivity contribution in [2.45, 2.75) is 10.1 Å². The second-order valence-corrected chi connectivity index (χ2v) is 9.40. The first-order chi connectivity index (χ1) is 16.8. The smallest absolute Gasteiger partial charge is 0.138 e. The molecular formula is C27H18N6S. The van der Waals surface area contributed by atoms with Gasteiger partial charge in [0.1, 0.15) is 11.6 Å². The van der Waals surface area contributed by atoms with E-state index in [1.807, 2.05) is 30.6 Å². The number of fused-ring (bicyclic) bond motifs is 3. The molecule has 6 aromatic rings. The zero-order chi connectivity index (χ0) is 22.5. The number of H-pyrrole nitrogens is 2. The van der Waals surface area contributed by atoms with Crippen LogP contribution in [0.3, 0.4) is 0 Å². The van der Waals surface area contributed by atoms with Crippen molar-refractivity contribution in [1.29, 1.82) is 0 Å². The van der Waals surface area contributed by atoms with Crippen molar-refractivity contribution >= 4 is 39.9 Å². The van der Waals surface area contributed by atoms with Crippen LogP contribution in [0.15, 0.2) is 90.4 Å². The Morgan fingerprint density at radius 2 is 1.44 bits per heavy atom. The van der Waals surface area contributed by atoms with Crippen LogP contribution < -0.4 is 0 Å². The van der Waals surface area contributed by atoms with Gasteiger partial charge in [-0.05, 0) is 59.2 Å². The maximum absolute atomic E-state index is 4.86. The standard InChI is InChI=1S/C27H18N6S/c1-4-20-22(32-26(30-20)17-8-10-28-11-9-17)13-18(1)19-2-5-21-23(14-19)33-27(31-21)24-6-3-16-7-12-29-15-25(16)34-24/h1-15,24H,(H,30,32)(H,31,33). The van der Waals surface area contributed by atoms with E-state index in [2.05, 4.69) is 68.5 Å². The van der Waals surface area contributed by atoms with Crippen LogP contribution in [0.4, 0.5) is 0 Å². The van der Waals surface area contributed by atoms with Crippen LogP contribution in [0, 0.1) is 0 Å². The molecule has 0 spiro atoms. The molecule has 34 heavy (non-hydrogen) atoms. The van der Waals surface area contributed by atoms with Crippen LogP contribution >= 0.6 is 11.8 Å². The average Bonchev–Trinajstić information content (AvgIpc) is 3.52. The largest absolute Gasteiger partial charge is 0.341 e.